The summed E-state index contributed by atoms with van der Waals surface area (Å²) in [5, 5.41) is 0. The average Bonchev–Trinajstić information content (AvgIpc) is 3.51. The van der Waals surface area contributed by atoms with Crippen LogP contribution in [-0.2, 0) is 22.7 Å². The van der Waals surface area contributed by atoms with E-state index in [0.29, 0.717) is 23.6 Å². The molecule has 1 unspecified atom stereocenters. The van der Waals surface area contributed by atoms with Crippen molar-refractivity contribution in [3.63, 3.8) is 0 Å². The zero-order valence-electron chi connectivity index (χ0n) is 16.7. The SMILES string of the molecule is COCc1cnc(N2CCC(C3C[C@H]3COCc3ccc(Br)c(F)c3)CC2)nc1. The summed E-state index contributed by atoms with van der Waals surface area (Å²) in [7, 11) is 1.68. The summed E-state index contributed by atoms with van der Waals surface area (Å²) in [5.74, 6) is 2.76. The van der Waals surface area contributed by atoms with Crippen LogP contribution in [0.5, 0.6) is 0 Å². The highest BCUT2D eigenvalue weighted by Gasteiger charge is 2.43. The van der Waals surface area contributed by atoms with Crippen LogP contribution in [0, 0.1) is 23.6 Å². The van der Waals surface area contributed by atoms with Gasteiger partial charge in [0.2, 0.25) is 5.95 Å². The molecule has 1 aromatic carbocycles. The van der Waals surface area contributed by atoms with Gasteiger partial charge in [0.15, 0.2) is 0 Å². The summed E-state index contributed by atoms with van der Waals surface area (Å²) in [6.07, 6.45) is 7.32. The van der Waals surface area contributed by atoms with Crippen molar-refractivity contribution in [2.24, 2.45) is 17.8 Å². The molecule has 1 aliphatic heterocycles. The first-order chi connectivity index (χ1) is 14.1. The van der Waals surface area contributed by atoms with Crippen LogP contribution in [0.4, 0.5) is 10.3 Å². The van der Waals surface area contributed by atoms with Gasteiger partial charge in [-0.1, -0.05) is 6.07 Å². The molecule has 4 rings (SSSR count). The van der Waals surface area contributed by atoms with E-state index in [0.717, 1.165) is 48.6 Å². The van der Waals surface area contributed by atoms with Crippen LogP contribution in [0.25, 0.3) is 0 Å². The maximum atomic E-state index is 13.6. The van der Waals surface area contributed by atoms with Gasteiger partial charge in [-0.25, -0.2) is 14.4 Å². The molecule has 1 saturated carbocycles. The fraction of sp³-hybridized carbons (Fsp3) is 0.545. The minimum atomic E-state index is -0.237. The van der Waals surface area contributed by atoms with Gasteiger partial charge >= 0.3 is 0 Å². The van der Waals surface area contributed by atoms with E-state index < -0.39 is 0 Å². The fourth-order valence-corrected chi connectivity index (χ4v) is 4.52. The Bertz CT molecular complexity index is 812. The van der Waals surface area contributed by atoms with Crippen LogP contribution in [0.1, 0.15) is 30.4 Å². The number of benzene rings is 1. The Morgan fingerprint density at radius 3 is 2.59 bits per heavy atom. The third-order valence-electron chi connectivity index (χ3n) is 5.99. The van der Waals surface area contributed by atoms with E-state index in [2.05, 4.69) is 30.8 Å². The van der Waals surface area contributed by atoms with Gasteiger partial charge in [0.05, 0.1) is 24.3 Å². The number of piperidine rings is 1. The second kappa shape index (κ2) is 9.49. The first-order valence-electron chi connectivity index (χ1n) is 10.2. The number of methoxy groups -OCH3 is 1. The molecule has 2 fully saturated rings. The normalized spacial score (nSPS) is 22.1. The quantitative estimate of drug-likeness (QED) is 0.572. The summed E-state index contributed by atoms with van der Waals surface area (Å²) in [5.41, 5.74) is 1.88. The second-order valence-corrected chi connectivity index (χ2v) is 8.93. The summed E-state index contributed by atoms with van der Waals surface area (Å²) in [6, 6.07) is 5.17. The molecule has 1 aliphatic carbocycles. The minimum Gasteiger partial charge on any atom is -0.380 e. The lowest BCUT2D eigenvalue weighted by molar-refractivity contribution is 0.104. The lowest BCUT2D eigenvalue weighted by Gasteiger charge is -2.32. The molecule has 0 amide bonds. The molecule has 0 spiro atoms. The first kappa shape index (κ1) is 20.7. The van der Waals surface area contributed by atoms with Crippen molar-refractivity contribution in [1.29, 1.82) is 0 Å². The monoisotopic (exact) mass is 463 g/mol. The van der Waals surface area contributed by atoms with Gasteiger partial charge in [-0.3, -0.25) is 0 Å². The van der Waals surface area contributed by atoms with E-state index in [1.165, 1.54) is 25.3 Å². The smallest absolute Gasteiger partial charge is 0.225 e. The Morgan fingerprint density at radius 2 is 1.90 bits per heavy atom. The molecule has 156 valence electrons. The number of hydrogen-bond acceptors (Lipinski definition) is 5. The van der Waals surface area contributed by atoms with E-state index in [-0.39, 0.29) is 5.82 Å². The Labute approximate surface area is 179 Å². The largest absolute Gasteiger partial charge is 0.380 e. The standard InChI is InChI=1S/C22H27BrFN3O2/c1-28-12-16-10-25-22(26-11-16)27-6-4-17(5-7-27)19-9-18(19)14-29-13-15-2-3-20(23)21(24)8-15/h2-3,8,10-11,17-19H,4-7,9,12-14H2,1H3/t18-,19?/m0/s1. The summed E-state index contributed by atoms with van der Waals surface area (Å²) < 4.78 is 25.0. The molecule has 0 N–H and O–H groups in total. The van der Waals surface area contributed by atoms with Gasteiger partial charge < -0.3 is 14.4 Å². The van der Waals surface area contributed by atoms with Gasteiger partial charge in [0.1, 0.15) is 5.82 Å². The van der Waals surface area contributed by atoms with Crippen LogP contribution in [0.3, 0.4) is 0 Å². The molecule has 7 heteroatoms. The molecular weight excluding hydrogens is 437 g/mol. The van der Waals surface area contributed by atoms with E-state index in [1.54, 1.807) is 13.2 Å². The van der Waals surface area contributed by atoms with Gasteiger partial charge in [-0.15, -0.1) is 0 Å². The van der Waals surface area contributed by atoms with E-state index >= 15 is 0 Å². The van der Waals surface area contributed by atoms with E-state index in [1.807, 2.05) is 18.5 Å². The number of rotatable bonds is 8. The summed E-state index contributed by atoms with van der Waals surface area (Å²) in [6.45, 7) is 3.81. The molecule has 2 aromatic rings. The van der Waals surface area contributed by atoms with Crippen molar-refractivity contribution in [2.75, 3.05) is 31.7 Å². The number of nitrogens with zero attached hydrogens (tertiary/aromatic N) is 3. The molecule has 1 saturated heterocycles. The van der Waals surface area contributed by atoms with Crippen LogP contribution in [-0.4, -0.2) is 36.8 Å². The molecule has 0 bridgehead atoms. The summed E-state index contributed by atoms with van der Waals surface area (Å²) in [4.78, 5) is 11.3. The molecule has 29 heavy (non-hydrogen) atoms. The second-order valence-electron chi connectivity index (χ2n) is 8.07. The molecular formula is C22H27BrFN3O2. The number of hydrogen-bond donors (Lipinski definition) is 0. The lowest BCUT2D eigenvalue weighted by atomic mass is 9.91. The maximum absolute atomic E-state index is 13.6. The molecule has 5 nitrogen and oxygen atoms in total. The third-order valence-corrected chi connectivity index (χ3v) is 6.64. The van der Waals surface area contributed by atoms with Crippen molar-refractivity contribution in [3.8, 4) is 0 Å². The fourth-order valence-electron chi connectivity index (χ4n) is 4.28. The molecule has 2 heterocycles. The van der Waals surface area contributed by atoms with E-state index in [9.17, 15) is 4.39 Å². The number of halogens is 2. The van der Waals surface area contributed by atoms with Gasteiger partial charge in [0, 0.05) is 38.2 Å². The summed E-state index contributed by atoms with van der Waals surface area (Å²) >= 11 is 3.18. The predicted molar refractivity (Wildman–Crippen MR) is 113 cm³/mol. The number of ether oxygens (including phenoxy) is 2. The van der Waals surface area contributed by atoms with E-state index in [4.69, 9.17) is 9.47 Å². The third kappa shape index (κ3) is 5.32. The highest BCUT2D eigenvalue weighted by atomic mass is 79.9. The highest BCUT2D eigenvalue weighted by Crippen LogP contribution is 2.48. The van der Waals surface area contributed by atoms with Crippen LogP contribution in [0.2, 0.25) is 0 Å². The molecule has 0 radical (unpaired) electrons. The van der Waals surface area contributed by atoms with Crippen LogP contribution < -0.4 is 4.90 Å². The van der Waals surface area contributed by atoms with Crippen LogP contribution >= 0.6 is 15.9 Å². The van der Waals surface area contributed by atoms with Crippen molar-refractivity contribution in [1.82, 2.24) is 9.97 Å². The first-order valence-corrected chi connectivity index (χ1v) is 11.0. The predicted octanol–water partition coefficient (Wildman–Crippen LogP) is 4.59. The van der Waals surface area contributed by atoms with Crippen molar-refractivity contribution in [3.05, 3.63) is 52.0 Å². The lowest BCUT2D eigenvalue weighted by Crippen LogP contribution is -2.35. The van der Waals surface area contributed by atoms with Crippen LogP contribution in [0.15, 0.2) is 35.1 Å². The van der Waals surface area contributed by atoms with Crippen molar-refractivity contribution >= 4 is 21.9 Å². The number of aromatic nitrogens is 2. The van der Waals surface area contributed by atoms with Gasteiger partial charge in [0.25, 0.3) is 0 Å². The zero-order valence-corrected chi connectivity index (χ0v) is 18.3. The maximum Gasteiger partial charge on any atom is 0.225 e. The molecule has 2 atom stereocenters. The average molecular weight is 464 g/mol. The van der Waals surface area contributed by atoms with Gasteiger partial charge in [-0.05, 0) is 70.6 Å². The molecule has 2 aliphatic rings. The number of anilines is 1. The Balaban J connectivity index is 1.18. The zero-order chi connectivity index (χ0) is 20.2. The molecule has 1 aromatic heterocycles. The Morgan fingerprint density at radius 1 is 1.14 bits per heavy atom. The van der Waals surface area contributed by atoms with Crippen molar-refractivity contribution < 1.29 is 13.9 Å². The Kier molecular flexibility index (Phi) is 6.77. The van der Waals surface area contributed by atoms with Gasteiger partial charge in [-0.2, -0.15) is 0 Å². The van der Waals surface area contributed by atoms with Crippen molar-refractivity contribution in [2.45, 2.75) is 32.5 Å². The Hall–Kier alpha value is -1.57. The minimum absolute atomic E-state index is 0.237. The highest BCUT2D eigenvalue weighted by molar-refractivity contribution is 9.10. The topological polar surface area (TPSA) is 47.5 Å².